The van der Waals surface area contributed by atoms with Gasteiger partial charge in [-0.2, -0.15) is 0 Å². The van der Waals surface area contributed by atoms with Crippen molar-refractivity contribution in [2.24, 2.45) is 0 Å². The number of methoxy groups -OCH3 is 1. The molecule has 2 rings (SSSR count). The Labute approximate surface area is 121 Å². The topological polar surface area (TPSA) is 81.8 Å². The van der Waals surface area contributed by atoms with Gasteiger partial charge >= 0.3 is 0 Å². The van der Waals surface area contributed by atoms with Gasteiger partial charge in [0.05, 0.1) is 24.2 Å². The average molecular weight is 289 g/mol. The molecular formula is C15H15NO5. The molecule has 0 saturated carbocycles. The van der Waals surface area contributed by atoms with Crippen molar-refractivity contribution in [1.29, 1.82) is 0 Å². The fraction of sp³-hybridized carbons (Fsp3) is 0.200. The minimum Gasteiger partial charge on any atom is -0.493 e. The molecule has 0 bridgehead atoms. The number of rotatable bonds is 5. The van der Waals surface area contributed by atoms with Crippen LogP contribution < -0.4 is 9.47 Å². The number of ether oxygens (including phenoxy) is 2. The Hall–Kier alpha value is -2.60. The van der Waals surface area contributed by atoms with E-state index in [1.165, 1.54) is 25.3 Å². The maximum absolute atomic E-state index is 10.7. The standard InChI is InChI=1S/C15H15NO5/c1-10(17)11-3-6-13(7-4-11)21-14-8-5-12(16(18)19)9-15(14)20-2/h3-10,17H,1-2H3. The molecule has 0 amide bonds. The van der Waals surface area contributed by atoms with Crippen LogP contribution in [0.3, 0.4) is 0 Å². The summed E-state index contributed by atoms with van der Waals surface area (Å²) < 4.78 is 10.7. The molecule has 6 nitrogen and oxygen atoms in total. The summed E-state index contributed by atoms with van der Waals surface area (Å²) in [6.07, 6.45) is -0.548. The third-order valence-electron chi connectivity index (χ3n) is 2.95. The van der Waals surface area contributed by atoms with Gasteiger partial charge in [0.15, 0.2) is 11.5 Å². The van der Waals surface area contributed by atoms with Crippen LogP contribution >= 0.6 is 0 Å². The van der Waals surface area contributed by atoms with Gasteiger partial charge < -0.3 is 14.6 Å². The molecule has 0 spiro atoms. The van der Waals surface area contributed by atoms with Crippen molar-refractivity contribution in [3.05, 3.63) is 58.1 Å². The van der Waals surface area contributed by atoms with Gasteiger partial charge in [0.25, 0.3) is 5.69 Å². The zero-order valence-corrected chi connectivity index (χ0v) is 11.6. The van der Waals surface area contributed by atoms with Crippen LogP contribution in [-0.4, -0.2) is 17.1 Å². The number of aliphatic hydroxyl groups is 1. The van der Waals surface area contributed by atoms with Crippen molar-refractivity contribution >= 4 is 5.69 Å². The van der Waals surface area contributed by atoms with E-state index in [2.05, 4.69) is 0 Å². The molecule has 6 heteroatoms. The van der Waals surface area contributed by atoms with Crippen LogP contribution in [0, 0.1) is 10.1 Å². The largest absolute Gasteiger partial charge is 0.493 e. The molecule has 21 heavy (non-hydrogen) atoms. The van der Waals surface area contributed by atoms with E-state index in [0.717, 1.165) is 5.56 Å². The van der Waals surface area contributed by atoms with Crippen LogP contribution in [0.4, 0.5) is 5.69 Å². The predicted molar refractivity (Wildman–Crippen MR) is 76.8 cm³/mol. The van der Waals surface area contributed by atoms with E-state index in [0.29, 0.717) is 11.5 Å². The van der Waals surface area contributed by atoms with Crippen molar-refractivity contribution in [2.45, 2.75) is 13.0 Å². The van der Waals surface area contributed by atoms with Crippen LogP contribution in [0.1, 0.15) is 18.6 Å². The van der Waals surface area contributed by atoms with Gasteiger partial charge in [0.1, 0.15) is 5.75 Å². The molecule has 0 aliphatic carbocycles. The third kappa shape index (κ3) is 3.49. The van der Waals surface area contributed by atoms with E-state index < -0.39 is 11.0 Å². The van der Waals surface area contributed by atoms with Gasteiger partial charge in [-0.1, -0.05) is 12.1 Å². The number of aliphatic hydroxyl groups excluding tert-OH is 1. The Kier molecular flexibility index (Phi) is 4.39. The van der Waals surface area contributed by atoms with Crippen molar-refractivity contribution in [2.75, 3.05) is 7.11 Å². The van der Waals surface area contributed by atoms with Crippen molar-refractivity contribution in [1.82, 2.24) is 0 Å². The number of hydrogen-bond donors (Lipinski definition) is 1. The zero-order valence-electron chi connectivity index (χ0n) is 11.6. The van der Waals surface area contributed by atoms with E-state index in [4.69, 9.17) is 9.47 Å². The minimum atomic E-state index is -0.548. The lowest BCUT2D eigenvalue weighted by molar-refractivity contribution is -0.384. The molecule has 0 saturated heterocycles. The second-order valence-electron chi connectivity index (χ2n) is 4.44. The fourth-order valence-electron chi connectivity index (χ4n) is 1.80. The van der Waals surface area contributed by atoms with E-state index in [1.807, 2.05) is 0 Å². The van der Waals surface area contributed by atoms with E-state index >= 15 is 0 Å². The van der Waals surface area contributed by atoms with Crippen LogP contribution in [0.5, 0.6) is 17.2 Å². The smallest absolute Gasteiger partial charge is 0.273 e. The van der Waals surface area contributed by atoms with Crippen LogP contribution in [0.25, 0.3) is 0 Å². The van der Waals surface area contributed by atoms with Crippen LogP contribution in [-0.2, 0) is 0 Å². The Morgan fingerprint density at radius 1 is 1.14 bits per heavy atom. The lowest BCUT2D eigenvalue weighted by Gasteiger charge is -2.11. The van der Waals surface area contributed by atoms with E-state index in [-0.39, 0.29) is 11.4 Å². The zero-order chi connectivity index (χ0) is 15.4. The molecule has 0 radical (unpaired) electrons. The molecule has 0 aliphatic rings. The van der Waals surface area contributed by atoms with Gasteiger partial charge in [0, 0.05) is 6.07 Å². The first-order chi connectivity index (χ1) is 10.0. The summed E-state index contributed by atoms with van der Waals surface area (Å²) in [5, 5.41) is 20.2. The molecule has 110 valence electrons. The lowest BCUT2D eigenvalue weighted by atomic mass is 10.1. The van der Waals surface area contributed by atoms with Crippen LogP contribution in [0.2, 0.25) is 0 Å². The Morgan fingerprint density at radius 3 is 2.33 bits per heavy atom. The Morgan fingerprint density at radius 2 is 1.81 bits per heavy atom. The molecule has 1 unspecified atom stereocenters. The highest BCUT2D eigenvalue weighted by atomic mass is 16.6. The fourth-order valence-corrected chi connectivity index (χ4v) is 1.80. The number of nitrogens with zero attached hydrogens (tertiary/aromatic N) is 1. The van der Waals surface area contributed by atoms with Gasteiger partial charge in [-0.15, -0.1) is 0 Å². The summed E-state index contributed by atoms with van der Waals surface area (Å²) in [5.74, 6) is 1.21. The lowest BCUT2D eigenvalue weighted by Crippen LogP contribution is -1.94. The van der Waals surface area contributed by atoms with Gasteiger partial charge in [-0.05, 0) is 30.7 Å². The number of benzene rings is 2. The highest BCUT2D eigenvalue weighted by molar-refractivity contribution is 5.50. The molecule has 1 N–H and O–H groups in total. The molecule has 0 heterocycles. The quantitative estimate of drug-likeness (QED) is 0.673. The first-order valence-electron chi connectivity index (χ1n) is 6.29. The van der Waals surface area contributed by atoms with Gasteiger partial charge in [0.2, 0.25) is 0 Å². The van der Waals surface area contributed by atoms with Crippen molar-refractivity contribution < 1.29 is 19.5 Å². The third-order valence-corrected chi connectivity index (χ3v) is 2.95. The highest BCUT2D eigenvalue weighted by Gasteiger charge is 2.13. The summed E-state index contributed by atoms with van der Waals surface area (Å²) in [6, 6.07) is 11.1. The Balaban J connectivity index is 2.24. The molecule has 0 fully saturated rings. The second-order valence-corrected chi connectivity index (χ2v) is 4.44. The van der Waals surface area contributed by atoms with E-state index in [1.54, 1.807) is 31.2 Å². The van der Waals surface area contributed by atoms with E-state index in [9.17, 15) is 15.2 Å². The number of non-ortho nitro benzene ring substituents is 1. The Bertz CT molecular complexity index is 637. The maximum Gasteiger partial charge on any atom is 0.273 e. The molecule has 2 aromatic rings. The normalized spacial score (nSPS) is 11.8. The molecule has 0 aliphatic heterocycles. The molecular weight excluding hydrogens is 274 g/mol. The summed E-state index contributed by atoms with van der Waals surface area (Å²) in [6.45, 7) is 1.68. The monoisotopic (exact) mass is 289 g/mol. The summed E-state index contributed by atoms with van der Waals surface area (Å²) in [7, 11) is 1.42. The summed E-state index contributed by atoms with van der Waals surface area (Å²) >= 11 is 0. The molecule has 2 aromatic carbocycles. The minimum absolute atomic E-state index is 0.0661. The first kappa shape index (κ1) is 14.8. The van der Waals surface area contributed by atoms with Gasteiger partial charge in [-0.25, -0.2) is 0 Å². The number of nitro benzene ring substituents is 1. The highest BCUT2D eigenvalue weighted by Crippen LogP contribution is 2.34. The molecule has 1 atom stereocenters. The predicted octanol–water partition coefficient (Wildman–Crippen LogP) is 3.45. The number of nitro groups is 1. The van der Waals surface area contributed by atoms with Crippen LogP contribution in [0.15, 0.2) is 42.5 Å². The first-order valence-corrected chi connectivity index (χ1v) is 6.29. The van der Waals surface area contributed by atoms with Crippen molar-refractivity contribution in [3.8, 4) is 17.2 Å². The summed E-state index contributed by atoms with van der Waals surface area (Å²) in [5.41, 5.74) is 0.710. The summed E-state index contributed by atoms with van der Waals surface area (Å²) in [4.78, 5) is 10.2. The number of hydrogen-bond acceptors (Lipinski definition) is 5. The average Bonchev–Trinajstić information content (AvgIpc) is 2.48. The maximum atomic E-state index is 10.7. The van der Waals surface area contributed by atoms with Crippen molar-refractivity contribution in [3.63, 3.8) is 0 Å². The van der Waals surface area contributed by atoms with Gasteiger partial charge in [-0.3, -0.25) is 10.1 Å². The molecule has 0 aromatic heterocycles. The second kappa shape index (κ2) is 6.23. The SMILES string of the molecule is COc1cc([N+](=O)[O-])ccc1Oc1ccc(C(C)O)cc1.